The van der Waals surface area contributed by atoms with Gasteiger partial charge >= 0.3 is 5.97 Å². The van der Waals surface area contributed by atoms with Gasteiger partial charge in [0.25, 0.3) is 0 Å². The SMILES string of the molecule is Nc1ccc(C(=O)O[C@H]2CCO[C@@H]2CO)cc1. The first-order chi connectivity index (χ1) is 8.20. The fourth-order valence-corrected chi connectivity index (χ4v) is 1.76. The van der Waals surface area contributed by atoms with Crippen LogP contribution in [0.3, 0.4) is 0 Å². The molecule has 1 aliphatic heterocycles. The van der Waals surface area contributed by atoms with E-state index in [9.17, 15) is 4.79 Å². The van der Waals surface area contributed by atoms with E-state index in [0.717, 1.165) is 0 Å². The molecule has 0 saturated carbocycles. The van der Waals surface area contributed by atoms with Gasteiger partial charge < -0.3 is 20.3 Å². The molecule has 0 aliphatic carbocycles. The van der Waals surface area contributed by atoms with Crippen molar-refractivity contribution in [2.45, 2.75) is 18.6 Å². The van der Waals surface area contributed by atoms with Gasteiger partial charge in [0.2, 0.25) is 0 Å². The summed E-state index contributed by atoms with van der Waals surface area (Å²) in [5.74, 6) is -0.418. The molecule has 3 N–H and O–H groups in total. The highest BCUT2D eigenvalue weighted by Crippen LogP contribution is 2.18. The smallest absolute Gasteiger partial charge is 0.338 e. The van der Waals surface area contributed by atoms with Crippen molar-refractivity contribution in [2.24, 2.45) is 0 Å². The fraction of sp³-hybridized carbons (Fsp3) is 0.417. The number of aliphatic hydroxyl groups is 1. The maximum Gasteiger partial charge on any atom is 0.338 e. The van der Waals surface area contributed by atoms with E-state index in [1.807, 2.05) is 0 Å². The molecule has 0 amide bonds. The molecule has 0 radical (unpaired) electrons. The van der Waals surface area contributed by atoms with Crippen LogP contribution in [0.1, 0.15) is 16.8 Å². The predicted octanol–water partition coefficient (Wildman–Crippen LogP) is 0.575. The number of hydrogen-bond acceptors (Lipinski definition) is 5. The molecule has 1 aromatic carbocycles. The number of benzene rings is 1. The van der Waals surface area contributed by atoms with Crippen LogP contribution < -0.4 is 5.73 Å². The van der Waals surface area contributed by atoms with Gasteiger partial charge in [0.05, 0.1) is 18.8 Å². The first-order valence-corrected chi connectivity index (χ1v) is 5.49. The third-order valence-electron chi connectivity index (χ3n) is 2.73. The Morgan fingerprint density at radius 1 is 1.47 bits per heavy atom. The second kappa shape index (κ2) is 5.16. The van der Waals surface area contributed by atoms with E-state index >= 15 is 0 Å². The van der Waals surface area contributed by atoms with Crippen LogP contribution in [0.25, 0.3) is 0 Å². The quantitative estimate of drug-likeness (QED) is 0.593. The minimum atomic E-state index is -0.418. The van der Waals surface area contributed by atoms with E-state index < -0.39 is 12.1 Å². The molecule has 1 heterocycles. The van der Waals surface area contributed by atoms with Crippen molar-refractivity contribution in [3.8, 4) is 0 Å². The van der Waals surface area contributed by atoms with E-state index in [2.05, 4.69) is 0 Å². The maximum atomic E-state index is 11.8. The zero-order valence-electron chi connectivity index (χ0n) is 9.33. The number of esters is 1. The molecule has 5 nitrogen and oxygen atoms in total. The Labute approximate surface area is 99.1 Å². The van der Waals surface area contributed by atoms with Gasteiger partial charge in [-0.3, -0.25) is 0 Å². The second-order valence-electron chi connectivity index (χ2n) is 3.95. The Kier molecular flexibility index (Phi) is 3.61. The Hall–Kier alpha value is -1.59. The van der Waals surface area contributed by atoms with Crippen LogP contribution in [-0.4, -0.2) is 36.5 Å². The third-order valence-corrected chi connectivity index (χ3v) is 2.73. The Balaban J connectivity index is 1.99. The van der Waals surface area contributed by atoms with Crippen molar-refractivity contribution < 1.29 is 19.4 Å². The third kappa shape index (κ3) is 2.75. The zero-order chi connectivity index (χ0) is 12.3. The van der Waals surface area contributed by atoms with Crippen molar-refractivity contribution in [3.05, 3.63) is 29.8 Å². The monoisotopic (exact) mass is 237 g/mol. The lowest BCUT2D eigenvalue weighted by Gasteiger charge is -2.16. The summed E-state index contributed by atoms with van der Waals surface area (Å²) in [6.45, 7) is 0.366. The lowest BCUT2D eigenvalue weighted by atomic mass is 10.2. The molecule has 0 spiro atoms. The molecule has 92 valence electrons. The van der Waals surface area contributed by atoms with Gasteiger partial charge in [0, 0.05) is 12.1 Å². The molecule has 2 rings (SSSR count). The molecular weight excluding hydrogens is 222 g/mol. The van der Waals surface area contributed by atoms with Gasteiger partial charge in [-0.1, -0.05) is 0 Å². The molecule has 2 atom stereocenters. The summed E-state index contributed by atoms with van der Waals surface area (Å²) in [4.78, 5) is 11.8. The van der Waals surface area contributed by atoms with Crippen LogP contribution in [0.4, 0.5) is 5.69 Å². The van der Waals surface area contributed by atoms with E-state index in [4.69, 9.17) is 20.3 Å². The van der Waals surface area contributed by atoms with E-state index in [1.54, 1.807) is 24.3 Å². The van der Waals surface area contributed by atoms with Gasteiger partial charge in [0.1, 0.15) is 12.2 Å². The van der Waals surface area contributed by atoms with Gasteiger partial charge in [0.15, 0.2) is 0 Å². The van der Waals surface area contributed by atoms with Crippen molar-refractivity contribution in [1.29, 1.82) is 0 Å². The average molecular weight is 237 g/mol. The fourth-order valence-electron chi connectivity index (χ4n) is 1.76. The molecule has 1 aromatic rings. The summed E-state index contributed by atoms with van der Waals surface area (Å²) >= 11 is 0. The van der Waals surface area contributed by atoms with Crippen molar-refractivity contribution in [2.75, 3.05) is 18.9 Å². The number of carbonyl (C=O) groups excluding carboxylic acids is 1. The Morgan fingerprint density at radius 3 is 2.82 bits per heavy atom. The van der Waals surface area contributed by atoms with Gasteiger partial charge in [-0.25, -0.2) is 4.79 Å². The van der Waals surface area contributed by atoms with Gasteiger partial charge in [-0.15, -0.1) is 0 Å². The number of carbonyl (C=O) groups is 1. The summed E-state index contributed by atoms with van der Waals surface area (Å²) in [5, 5.41) is 9.02. The minimum Gasteiger partial charge on any atom is -0.456 e. The molecule has 5 heteroatoms. The van der Waals surface area contributed by atoms with Crippen molar-refractivity contribution in [1.82, 2.24) is 0 Å². The van der Waals surface area contributed by atoms with E-state index in [1.165, 1.54) is 0 Å². The van der Waals surface area contributed by atoms with Crippen LogP contribution in [0, 0.1) is 0 Å². The molecule has 1 fully saturated rings. The molecule has 1 saturated heterocycles. The zero-order valence-corrected chi connectivity index (χ0v) is 9.33. The average Bonchev–Trinajstić information content (AvgIpc) is 2.77. The summed E-state index contributed by atoms with van der Waals surface area (Å²) < 4.78 is 10.5. The van der Waals surface area contributed by atoms with Crippen molar-refractivity contribution >= 4 is 11.7 Å². The first-order valence-electron chi connectivity index (χ1n) is 5.49. The second-order valence-corrected chi connectivity index (χ2v) is 3.95. The highest BCUT2D eigenvalue weighted by molar-refractivity contribution is 5.89. The number of aliphatic hydroxyl groups excluding tert-OH is 1. The predicted molar refractivity (Wildman–Crippen MR) is 61.5 cm³/mol. The highest BCUT2D eigenvalue weighted by atomic mass is 16.6. The van der Waals surface area contributed by atoms with Crippen LogP contribution in [0.15, 0.2) is 24.3 Å². The molecule has 1 aliphatic rings. The van der Waals surface area contributed by atoms with E-state index in [0.29, 0.717) is 24.3 Å². The highest BCUT2D eigenvalue weighted by Gasteiger charge is 2.31. The standard InChI is InChI=1S/C12H15NO4/c13-9-3-1-8(2-4-9)12(15)17-10-5-6-16-11(10)7-14/h1-4,10-11,14H,5-7,13H2/t10-,11+/m0/s1. The molecular formula is C12H15NO4. The molecule has 0 bridgehead atoms. The number of anilines is 1. The number of hydrogen-bond donors (Lipinski definition) is 2. The summed E-state index contributed by atoms with van der Waals surface area (Å²) in [5.41, 5.74) is 6.57. The van der Waals surface area contributed by atoms with Crippen LogP contribution in [-0.2, 0) is 9.47 Å². The summed E-state index contributed by atoms with van der Waals surface area (Å²) in [7, 11) is 0. The van der Waals surface area contributed by atoms with Crippen LogP contribution in [0.5, 0.6) is 0 Å². The normalized spacial score (nSPS) is 23.6. The Bertz CT molecular complexity index is 390. The van der Waals surface area contributed by atoms with Crippen LogP contribution >= 0.6 is 0 Å². The van der Waals surface area contributed by atoms with Gasteiger partial charge in [-0.05, 0) is 24.3 Å². The number of rotatable bonds is 3. The minimum absolute atomic E-state index is 0.139. The van der Waals surface area contributed by atoms with Crippen LogP contribution in [0.2, 0.25) is 0 Å². The maximum absolute atomic E-state index is 11.8. The van der Waals surface area contributed by atoms with Gasteiger partial charge in [-0.2, -0.15) is 0 Å². The summed E-state index contributed by atoms with van der Waals surface area (Å²) in [6, 6.07) is 6.51. The number of ether oxygens (including phenoxy) is 2. The lowest BCUT2D eigenvalue weighted by Crippen LogP contribution is -2.30. The molecule has 0 aromatic heterocycles. The van der Waals surface area contributed by atoms with E-state index in [-0.39, 0.29) is 12.7 Å². The summed E-state index contributed by atoms with van der Waals surface area (Å²) in [6.07, 6.45) is -0.163. The number of nitrogen functional groups attached to an aromatic ring is 1. The topological polar surface area (TPSA) is 81.8 Å². The largest absolute Gasteiger partial charge is 0.456 e. The van der Waals surface area contributed by atoms with Crippen molar-refractivity contribution in [3.63, 3.8) is 0 Å². The first kappa shape index (κ1) is 11.9. The lowest BCUT2D eigenvalue weighted by molar-refractivity contribution is -0.0188. The Morgan fingerprint density at radius 2 is 2.18 bits per heavy atom. The number of nitrogens with two attached hydrogens (primary N) is 1. The molecule has 17 heavy (non-hydrogen) atoms. The molecule has 0 unspecified atom stereocenters.